The van der Waals surface area contributed by atoms with Crippen LogP contribution in [0.15, 0.2) is 47.4 Å². The number of nitrogens with zero attached hydrogens (tertiary/aromatic N) is 1. The molecule has 0 aromatic heterocycles. The predicted octanol–water partition coefficient (Wildman–Crippen LogP) is 3.78. The topological polar surface area (TPSA) is 75.7 Å². The minimum absolute atomic E-state index is 0.0685. The summed E-state index contributed by atoms with van der Waals surface area (Å²) in [7, 11) is -2.15. The number of carbonyl (C=O) groups excluding carboxylic acids is 1. The summed E-state index contributed by atoms with van der Waals surface area (Å²) in [5.74, 6) is -0.000686. The molecule has 0 aliphatic carbocycles. The van der Waals surface area contributed by atoms with Crippen molar-refractivity contribution in [1.82, 2.24) is 4.31 Å². The van der Waals surface area contributed by atoms with Gasteiger partial charge in [0.05, 0.1) is 28.3 Å². The molecular weight excluding hydrogens is 388 g/mol. The number of amides is 1. The van der Waals surface area contributed by atoms with E-state index in [1.54, 1.807) is 24.3 Å². The average Bonchev–Trinajstić information content (AvgIpc) is 2.69. The van der Waals surface area contributed by atoms with Crippen molar-refractivity contribution < 1.29 is 17.9 Å². The molecule has 1 aliphatic heterocycles. The lowest BCUT2D eigenvalue weighted by atomic mass is 10.2. The maximum absolute atomic E-state index is 12.9. The van der Waals surface area contributed by atoms with Crippen molar-refractivity contribution in [3.8, 4) is 5.75 Å². The lowest BCUT2D eigenvalue weighted by molar-refractivity contribution is 0.102. The highest BCUT2D eigenvalue weighted by molar-refractivity contribution is 7.89. The minimum atomic E-state index is -3.65. The summed E-state index contributed by atoms with van der Waals surface area (Å²) in [6.45, 7) is 0.988. The van der Waals surface area contributed by atoms with Crippen molar-refractivity contribution in [3.05, 3.63) is 53.1 Å². The van der Waals surface area contributed by atoms with E-state index >= 15 is 0 Å². The van der Waals surface area contributed by atoms with Gasteiger partial charge in [-0.3, -0.25) is 4.79 Å². The molecule has 0 bridgehead atoms. The monoisotopic (exact) mass is 408 g/mol. The number of nitrogens with one attached hydrogen (secondary N) is 1. The second kappa shape index (κ2) is 8.29. The number of hydrogen-bond acceptors (Lipinski definition) is 4. The van der Waals surface area contributed by atoms with Crippen LogP contribution >= 0.6 is 11.6 Å². The van der Waals surface area contributed by atoms with E-state index in [1.165, 1.54) is 29.6 Å². The zero-order valence-corrected chi connectivity index (χ0v) is 16.5. The molecule has 8 heteroatoms. The highest BCUT2D eigenvalue weighted by Gasteiger charge is 2.27. The lowest BCUT2D eigenvalue weighted by Crippen LogP contribution is -2.35. The lowest BCUT2D eigenvalue weighted by Gasteiger charge is -2.26. The summed E-state index contributed by atoms with van der Waals surface area (Å²) in [4.78, 5) is 12.8. The number of halogens is 1. The van der Waals surface area contributed by atoms with Gasteiger partial charge in [-0.15, -0.1) is 0 Å². The Labute approximate surface area is 164 Å². The number of hydrogen-bond donors (Lipinski definition) is 1. The number of para-hydroxylation sites is 2. The van der Waals surface area contributed by atoms with Gasteiger partial charge in [-0.1, -0.05) is 30.2 Å². The number of anilines is 1. The fraction of sp³-hybridized carbons (Fsp3) is 0.316. The van der Waals surface area contributed by atoms with E-state index in [2.05, 4.69) is 5.32 Å². The number of methoxy groups -OCH3 is 1. The van der Waals surface area contributed by atoms with Crippen LogP contribution in [0.1, 0.15) is 29.6 Å². The molecule has 2 aromatic rings. The molecule has 0 atom stereocenters. The van der Waals surface area contributed by atoms with Crippen LogP contribution in [-0.2, 0) is 10.0 Å². The van der Waals surface area contributed by atoms with Gasteiger partial charge >= 0.3 is 0 Å². The average molecular weight is 409 g/mol. The second-order valence-electron chi connectivity index (χ2n) is 6.26. The van der Waals surface area contributed by atoms with Crippen LogP contribution in [0.4, 0.5) is 5.69 Å². The van der Waals surface area contributed by atoms with Crippen LogP contribution in [0.5, 0.6) is 5.75 Å². The van der Waals surface area contributed by atoms with Crippen molar-refractivity contribution in [1.29, 1.82) is 0 Å². The van der Waals surface area contributed by atoms with Crippen LogP contribution in [-0.4, -0.2) is 38.8 Å². The molecular formula is C19H21ClN2O4S. The van der Waals surface area contributed by atoms with Gasteiger partial charge in [0.2, 0.25) is 10.0 Å². The fourth-order valence-corrected chi connectivity index (χ4v) is 4.78. The molecule has 6 nitrogen and oxygen atoms in total. The number of ether oxygens (including phenoxy) is 1. The Bertz CT molecular complexity index is 940. The van der Waals surface area contributed by atoms with Crippen molar-refractivity contribution >= 4 is 33.2 Å². The van der Waals surface area contributed by atoms with E-state index in [0.29, 0.717) is 24.5 Å². The summed E-state index contributed by atoms with van der Waals surface area (Å²) in [6.07, 6.45) is 2.71. The van der Waals surface area contributed by atoms with E-state index in [-0.39, 0.29) is 15.5 Å². The number of sulfonamides is 1. The number of rotatable bonds is 5. The summed E-state index contributed by atoms with van der Waals surface area (Å²) in [5, 5.41) is 2.90. The van der Waals surface area contributed by atoms with E-state index in [4.69, 9.17) is 16.3 Å². The zero-order chi connectivity index (χ0) is 19.4. The normalized spacial score (nSPS) is 15.3. The molecule has 3 rings (SSSR count). The Morgan fingerprint density at radius 2 is 1.81 bits per heavy atom. The maximum Gasteiger partial charge on any atom is 0.257 e. The number of piperidine rings is 1. The van der Waals surface area contributed by atoms with Crippen LogP contribution in [0.25, 0.3) is 0 Å². The van der Waals surface area contributed by atoms with Crippen LogP contribution < -0.4 is 10.1 Å². The zero-order valence-electron chi connectivity index (χ0n) is 14.9. The van der Waals surface area contributed by atoms with Gasteiger partial charge in [-0.25, -0.2) is 8.42 Å². The van der Waals surface area contributed by atoms with E-state index in [9.17, 15) is 13.2 Å². The minimum Gasteiger partial charge on any atom is -0.495 e. The maximum atomic E-state index is 12.9. The molecule has 0 spiro atoms. The fourth-order valence-electron chi connectivity index (χ4n) is 3.03. The highest BCUT2D eigenvalue weighted by atomic mass is 35.5. The predicted molar refractivity (Wildman–Crippen MR) is 105 cm³/mol. The molecule has 27 heavy (non-hydrogen) atoms. The molecule has 1 N–H and O–H groups in total. The first-order valence-electron chi connectivity index (χ1n) is 8.67. The Hall–Kier alpha value is -2.09. The Morgan fingerprint density at radius 3 is 2.52 bits per heavy atom. The smallest absolute Gasteiger partial charge is 0.257 e. The molecule has 0 saturated carbocycles. The Kier molecular flexibility index (Phi) is 6.04. The summed E-state index contributed by atoms with van der Waals surface area (Å²) in [5.41, 5.74) is 0.575. The first-order valence-corrected chi connectivity index (χ1v) is 10.5. The summed E-state index contributed by atoms with van der Waals surface area (Å²) >= 11 is 6.17. The molecule has 1 fully saturated rings. The van der Waals surface area contributed by atoms with Gasteiger partial charge in [0.15, 0.2) is 0 Å². The SMILES string of the molecule is COc1ccccc1NC(=O)c1cc(S(=O)(=O)N2CCCCC2)ccc1Cl. The third kappa shape index (κ3) is 4.26. The highest BCUT2D eigenvalue weighted by Crippen LogP contribution is 2.28. The molecule has 1 amide bonds. The second-order valence-corrected chi connectivity index (χ2v) is 8.61. The van der Waals surface area contributed by atoms with Gasteiger partial charge in [-0.05, 0) is 43.2 Å². The van der Waals surface area contributed by atoms with Gasteiger partial charge in [-0.2, -0.15) is 4.31 Å². The Morgan fingerprint density at radius 1 is 1.11 bits per heavy atom. The molecule has 144 valence electrons. The van der Waals surface area contributed by atoms with E-state index < -0.39 is 15.9 Å². The first-order chi connectivity index (χ1) is 12.9. The molecule has 2 aromatic carbocycles. The third-order valence-electron chi connectivity index (χ3n) is 4.49. The van der Waals surface area contributed by atoms with Crippen molar-refractivity contribution in [3.63, 3.8) is 0 Å². The van der Waals surface area contributed by atoms with Gasteiger partial charge in [0.25, 0.3) is 5.91 Å². The van der Waals surface area contributed by atoms with E-state index in [1.807, 2.05) is 0 Å². The Balaban J connectivity index is 1.90. The van der Waals surface area contributed by atoms with Gasteiger partial charge in [0, 0.05) is 13.1 Å². The largest absolute Gasteiger partial charge is 0.495 e. The quantitative estimate of drug-likeness (QED) is 0.816. The standard InChI is InChI=1S/C19H21ClN2O4S/c1-26-18-8-4-3-7-17(18)21-19(23)15-13-14(9-10-16(15)20)27(24,25)22-11-5-2-6-12-22/h3-4,7-10,13H,2,5-6,11-12H2,1H3,(H,21,23). The van der Waals surface area contributed by atoms with E-state index in [0.717, 1.165) is 19.3 Å². The van der Waals surface area contributed by atoms with Crippen molar-refractivity contribution in [2.75, 3.05) is 25.5 Å². The summed E-state index contributed by atoms with van der Waals surface area (Å²) in [6, 6.07) is 11.2. The third-order valence-corrected chi connectivity index (χ3v) is 6.71. The summed E-state index contributed by atoms with van der Waals surface area (Å²) < 4.78 is 32.4. The van der Waals surface area contributed by atoms with Crippen LogP contribution in [0, 0.1) is 0 Å². The van der Waals surface area contributed by atoms with Crippen molar-refractivity contribution in [2.45, 2.75) is 24.2 Å². The molecule has 0 unspecified atom stereocenters. The first kappa shape index (κ1) is 19.7. The molecule has 1 heterocycles. The molecule has 1 aliphatic rings. The molecule has 0 radical (unpaired) electrons. The van der Waals surface area contributed by atoms with Crippen molar-refractivity contribution in [2.24, 2.45) is 0 Å². The van der Waals surface area contributed by atoms with Gasteiger partial charge < -0.3 is 10.1 Å². The van der Waals surface area contributed by atoms with Gasteiger partial charge in [0.1, 0.15) is 5.75 Å². The number of benzene rings is 2. The number of carbonyl (C=O) groups is 1. The molecule has 1 saturated heterocycles. The van der Waals surface area contributed by atoms with Crippen LogP contribution in [0.3, 0.4) is 0 Å². The van der Waals surface area contributed by atoms with Crippen LogP contribution in [0.2, 0.25) is 5.02 Å².